The lowest BCUT2D eigenvalue weighted by Gasteiger charge is -2.33. The number of hydrogen-bond donors (Lipinski definition) is 1. The molecule has 0 amide bonds. The molecule has 1 N–H and O–H groups in total. The summed E-state index contributed by atoms with van der Waals surface area (Å²) in [5, 5.41) is 3.53. The Morgan fingerprint density at radius 1 is 1.10 bits per heavy atom. The van der Waals surface area contributed by atoms with Gasteiger partial charge in [-0.2, -0.15) is 0 Å². The predicted molar refractivity (Wildman–Crippen MR) is 89.2 cm³/mol. The molecule has 0 fully saturated rings. The number of anilines is 2. The molecule has 2 atom stereocenters. The predicted octanol–water partition coefficient (Wildman–Crippen LogP) is 4.04. The molecule has 108 valence electrons. The maximum absolute atomic E-state index is 3.53. The molecule has 2 heterocycles. The molecule has 0 saturated heterocycles. The third-order valence-electron chi connectivity index (χ3n) is 4.97. The highest BCUT2D eigenvalue weighted by Crippen LogP contribution is 2.37. The number of fused-ring (bicyclic) bond motifs is 2. The molecule has 2 nitrogen and oxygen atoms in total. The zero-order valence-corrected chi connectivity index (χ0v) is 12.5. The molecule has 2 unspecified atom stereocenters. The third-order valence-corrected chi connectivity index (χ3v) is 4.97. The Balaban J connectivity index is 1.63. The minimum absolute atomic E-state index is 0.615. The molecule has 2 aromatic rings. The average Bonchev–Trinajstić information content (AvgIpc) is 2.84. The van der Waals surface area contributed by atoms with E-state index in [4.69, 9.17) is 0 Å². The normalized spacial score (nSPS) is 23.4. The van der Waals surface area contributed by atoms with Gasteiger partial charge in [-0.15, -0.1) is 0 Å². The molecule has 0 saturated carbocycles. The lowest BCUT2D eigenvalue weighted by atomic mass is 9.90. The Labute approximate surface area is 126 Å². The fraction of sp³-hybridized carbons (Fsp3) is 0.368. The van der Waals surface area contributed by atoms with Crippen molar-refractivity contribution >= 4 is 11.4 Å². The third kappa shape index (κ3) is 2.19. The first-order chi connectivity index (χ1) is 10.3. The lowest BCUT2D eigenvalue weighted by molar-refractivity contribution is 0.567. The van der Waals surface area contributed by atoms with Crippen molar-refractivity contribution in [2.75, 3.05) is 23.3 Å². The quantitative estimate of drug-likeness (QED) is 0.892. The molecule has 2 aliphatic heterocycles. The second kappa shape index (κ2) is 5.10. The number of nitrogens with zero attached hydrogens (tertiary/aromatic N) is 1. The first-order valence-corrected chi connectivity index (χ1v) is 8.00. The van der Waals surface area contributed by atoms with Gasteiger partial charge in [-0.3, -0.25) is 0 Å². The van der Waals surface area contributed by atoms with Crippen LogP contribution in [0.5, 0.6) is 0 Å². The zero-order valence-electron chi connectivity index (χ0n) is 12.5. The van der Waals surface area contributed by atoms with Crippen LogP contribution in [-0.2, 0) is 6.42 Å². The molecule has 0 aromatic heterocycles. The summed E-state index contributed by atoms with van der Waals surface area (Å²) < 4.78 is 0. The van der Waals surface area contributed by atoms with Gasteiger partial charge >= 0.3 is 0 Å². The van der Waals surface area contributed by atoms with Crippen LogP contribution in [0, 0.1) is 0 Å². The fourth-order valence-electron chi connectivity index (χ4n) is 3.89. The summed E-state index contributed by atoms with van der Waals surface area (Å²) in [5.74, 6) is 0.635. The van der Waals surface area contributed by atoms with E-state index in [0.717, 1.165) is 13.1 Å². The van der Waals surface area contributed by atoms with E-state index < -0.39 is 0 Å². The highest BCUT2D eigenvalue weighted by atomic mass is 15.2. The second-order valence-corrected chi connectivity index (χ2v) is 6.33. The number of benzene rings is 2. The Hall–Kier alpha value is -1.96. The van der Waals surface area contributed by atoms with Crippen molar-refractivity contribution in [1.82, 2.24) is 0 Å². The summed E-state index contributed by atoms with van der Waals surface area (Å²) in [6, 6.07) is 18.3. The van der Waals surface area contributed by atoms with Crippen LogP contribution in [0.25, 0.3) is 0 Å². The highest BCUT2D eigenvalue weighted by molar-refractivity contribution is 5.61. The molecular formula is C19H22N2. The van der Waals surface area contributed by atoms with Crippen LogP contribution >= 0.6 is 0 Å². The molecule has 2 aliphatic rings. The first-order valence-electron chi connectivity index (χ1n) is 8.00. The van der Waals surface area contributed by atoms with Gasteiger partial charge in [0.05, 0.1) is 0 Å². The van der Waals surface area contributed by atoms with E-state index >= 15 is 0 Å². The molecule has 2 heteroatoms. The van der Waals surface area contributed by atoms with Gasteiger partial charge in [0.2, 0.25) is 0 Å². The van der Waals surface area contributed by atoms with Crippen molar-refractivity contribution in [3.63, 3.8) is 0 Å². The minimum atomic E-state index is 0.615. The van der Waals surface area contributed by atoms with E-state index in [2.05, 4.69) is 65.7 Å². The second-order valence-electron chi connectivity index (χ2n) is 6.33. The Bertz CT molecular complexity index is 650. The minimum Gasteiger partial charge on any atom is -0.385 e. The van der Waals surface area contributed by atoms with Gasteiger partial charge in [0.1, 0.15) is 0 Å². The maximum Gasteiger partial charge on any atom is 0.0402 e. The summed E-state index contributed by atoms with van der Waals surface area (Å²) >= 11 is 0. The van der Waals surface area contributed by atoms with Crippen LogP contribution < -0.4 is 10.2 Å². The average molecular weight is 278 g/mol. The van der Waals surface area contributed by atoms with Gasteiger partial charge < -0.3 is 10.2 Å². The van der Waals surface area contributed by atoms with Crippen molar-refractivity contribution < 1.29 is 0 Å². The van der Waals surface area contributed by atoms with Crippen LogP contribution in [0.2, 0.25) is 0 Å². The largest absolute Gasteiger partial charge is 0.385 e. The molecule has 0 radical (unpaired) electrons. The van der Waals surface area contributed by atoms with E-state index in [1.165, 1.54) is 35.3 Å². The van der Waals surface area contributed by atoms with Crippen LogP contribution in [0.1, 0.15) is 30.4 Å². The molecule has 0 aliphatic carbocycles. The van der Waals surface area contributed by atoms with Gasteiger partial charge in [-0.25, -0.2) is 0 Å². The number of rotatable bonds is 2. The number of nitrogens with one attached hydrogen (secondary N) is 1. The van der Waals surface area contributed by atoms with Crippen LogP contribution in [0.3, 0.4) is 0 Å². The van der Waals surface area contributed by atoms with Crippen molar-refractivity contribution in [1.29, 1.82) is 0 Å². The Kier molecular flexibility index (Phi) is 3.10. The summed E-state index contributed by atoms with van der Waals surface area (Å²) in [6.45, 7) is 4.58. The monoisotopic (exact) mass is 278 g/mol. The van der Waals surface area contributed by atoms with Gasteiger partial charge in [0.25, 0.3) is 0 Å². The first kappa shape index (κ1) is 12.8. The molecule has 0 spiro atoms. The summed E-state index contributed by atoms with van der Waals surface area (Å²) in [7, 11) is 0. The van der Waals surface area contributed by atoms with Crippen LogP contribution in [0.4, 0.5) is 11.4 Å². The standard InChI is InChI=1S/C19H22N2/c1-14-12-15-6-2-5-9-19(15)21(14)13-16-10-11-20-18-8-4-3-7-17(16)18/h2-9,14,16,20H,10-13H2,1H3. The van der Waals surface area contributed by atoms with Crippen molar-refractivity contribution in [3.8, 4) is 0 Å². The summed E-state index contributed by atoms with van der Waals surface area (Å²) in [4.78, 5) is 2.61. The van der Waals surface area contributed by atoms with Gasteiger partial charge in [0.15, 0.2) is 0 Å². The maximum atomic E-state index is 3.53. The number of hydrogen-bond acceptors (Lipinski definition) is 2. The topological polar surface area (TPSA) is 15.3 Å². The summed E-state index contributed by atoms with van der Waals surface area (Å²) in [5.41, 5.74) is 5.77. The van der Waals surface area contributed by atoms with E-state index in [9.17, 15) is 0 Å². The van der Waals surface area contributed by atoms with Gasteiger partial charge in [0, 0.05) is 36.4 Å². The molecule has 4 rings (SSSR count). The molecule has 21 heavy (non-hydrogen) atoms. The fourth-order valence-corrected chi connectivity index (χ4v) is 3.89. The van der Waals surface area contributed by atoms with Crippen molar-refractivity contribution in [3.05, 3.63) is 59.7 Å². The van der Waals surface area contributed by atoms with Crippen molar-refractivity contribution in [2.24, 2.45) is 0 Å². The van der Waals surface area contributed by atoms with E-state index in [0.29, 0.717) is 12.0 Å². The smallest absolute Gasteiger partial charge is 0.0402 e. The van der Waals surface area contributed by atoms with Gasteiger partial charge in [-0.1, -0.05) is 36.4 Å². The zero-order chi connectivity index (χ0) is 14.2. The highest BCUT2D eigenvalue weighted by Gasteiger charge is 2.29. The Morgan fingerprint density at radius 3 is 2.86 bits per heavy atom. The molecule has 2 aromatic carbocycles. The van der Waals surface area contributed by atoms with E-state index in [1.807, 2.05) is 0 Å². The van der Waals surface area contributed by atoms with Crippen LogP contribution in [-0.4, -0.2) is 19.1 Å². The van der Waals surface area contributed by atoms with Crippen molar-refractivity contribution in [2.45, 2.75) is 31.7 Å². The molecular weight excluding hydrogens is 256 g/mol. The van der Waals surface area contributed by atoms with E-state index in [-0.39, 0.29) is 0 Å². The Morgan fingerprint density at radius 2 is 1.90 bits per heavy atom. The number of para-hydroxylation sites is 2. The lowest BCUT2D eigenvalue weighted by Crippen LogP contribution is -2.35. The van der Waals surface area contributed by atoms with Gasteiger partial charge in [-0.05, 0) is 43.0 Å². The van der Waals surface area contributed by atoms with E-state index in [1.54, 1.807) is 0 Å². The van der Waals surface area contributed by atoms with Crippen LogP contribution in [0.15, 0.2) is 48.5 Å². The molecule has 0 bridgehead atoms. The SMILES string of the molecule is CC1Cc2ccccc2N1CC1CCNc2ccccc21. The summed E-state index contributed by atoms with van der Waals surface area (Å²) in [6.07, 6.45) is 2.41.